The Bertz CT molecular complexity index is 789. The number of amides is 1. The van der Waals surface area contributed by atoms with Crippen LogP contribution in [-0.2, 0) is 4.79 Å². The van der Waals surface area contributed by atoms with Gasteiger partial charge in [0.1, 0.15) is 24.8 Å². The molecular weight excluding hydrogens is 313 g/mol. The summed E-state index contributed by atoms with van der Waals surface area (Å²) < 4.78 is 29.6. The summed E-state index contributed by atoms with van der Waals surface area (Å²) in [7, 11) is 1.46. The fourth-order valence-corrected chi connectivity index (χ4v) is 2.24. The highest BCUT2D eigenvalue weighted by molar-refractivity contribution is 6.02. The maximum absolute atomic E-state index is 13.8. The summed E-state index contributed by atoms with van der Waals surface area (Å²) in [6, 6.07) is 9.57. The summed E-state index contributed by atoms with van der Waals surface area (Å²) in [5.74, 6) is 0.823. The molecule has 0 spiro atoms. The summed E-state index contributed by atoms with van der Waals surface area (Å²) in [5.41, 5.74) is 0.872. The number of methoxy groups -OCH3 is 1. The van der Waals surface area contributed by atoms with Gasteiger partial charge in [-0.3, -0.25) is 4.79 Å². The molecule has 0 bridgehead atoms. The fourth-order valence-electron chi connectivity index (χ4n) is 2.24. The van der Waals surface area contributed by atoms with Crippen LogP contribution in [0.2, 0.25) is 0 Å². The molecule has 2 aromatic rings. The Morgan fingerprint density at radius 2 is 1.96 bits per heavy atom. The number of rotatable bonds is 4. The van der Waals surface area contributed by atoms with Gasteiger partial charge >= 0.3 is 0 Å². The molecule has 0 aliphatic carbocycles. The average molecular weight is 329 g/mol. The molecule has 0 radical (unpaired) electrons. The first-order valence-electron chi connectivity index (χ1n) is 7.38. The Hall–Kier alpha value is -3.02. The number of fused-ring (bicyclic) bond motifs is 1. The largest absolute Gasteiger partial charge is 0.497 e. The Balaban J connectivity index is 1.67. The van der Waals surface area contributed by atoms with Gasteiger partial charge in [0.2, 0.25) is 5.91 Å². The molecule has 0 unspecified atom stereocenters. The van der Waals surface area contributed by atoms with E-state index < -0.39 is 5.82 Å². The first-order chi connectivity index (χ1) is 11.7. The molecular formula is C18H16FNO4. The molecule has 1 heterocycles. The van der Waals surface area contributed by atoms with Gasteiger partial charge in [0.05, 0.1) is 7.11 Å². The second kappa shape index (κ2) is 7.04. The van der Waals surface area contributed by atoms with Crippen LogP contribution in [0.5, 0.6) is 17.2 Å². The molecule has 5 nitrogen and oxygen atoms in total. The van der Waals surface area contributed by atoms with Gasteiger partial charge in [-0.05, 0) is 30.3 Å². The lowest BCUT2D eigenvalue weighted by Gasteiger charge is -2.18. The lowest BCUT2D eigenvalue weighted by Crippen LogP contribution is -2.16. The van der Waals surface area contributed by atoms with Crippen molar-refractivity contribution in [3.8, 4) is 17.2 Å². The van der Waals surface area contributed by atoms with Crippen molar-refractivity contribution < 1.29 is 23.4 Å². The first kappa shape index (κ1) is 15.9. The van der Waals surface area contributed by atoms with E-state index in [-0.39, 0.29) is 5.91 Å². The van der Waals surface area contributed by atoms with Crippen LogP contribution >= 0.6 is 0 Å². The van der Waals surface area contributed by atoms with Gasteiger partial charge in [-0.25, -0.2) is 4.39 Å². The van der Waals surface area contributed by atoms with Gasteiger partial charge in [-0.1, -0.05) is 0 Å². The summed E-state index contributed by atoms with van der Waals surface area (Å²) in [5, 5.41) is 2.70. The fraction of sp³-hybridized carbons (Fsp3) is 0.167. The number of ether oxygens (including phenoxy) is 3. The number of nitrogens with one attached hydrogen (secondary N) is 1. The maximum Gasteiger partial charge on any atom is 0.248 e. The van der Waals surface area contributed by atoms with Gasteiger partial charge in [0, 0.05) is 29.5 Å². The number of hydrogen-bond acceptors (Lipinski definition) is 4. The van der Waals surface area contributed by atoms with Crippen molar-refractivity contribution in [2.45, 2.75) is 0 Å². The van der Waals surface area contributed by atoms with Crippen LogP contribution in [0.25, 0.3) is 6.08 Å². The molecule has 0 fully saturated rings. The zero-order valence-corrected chi connectivity index (χ0v) is 13.0. The van der Waals surface area contributed by atoms with E-state index in [1.54, 1.807) is 30.3 Å². The Morgan fingerprint density at radius 1 is 1.17 bits per heavy atom. The van der Waals surface area contributed by atoms with E-state index in [2.05, 4.69) is 5.32 Å². The van der Waals surface area contributed by atoms with Crippen molar-refractivity contribution in [2.24, 2.45) is 0 Å². The molecule has 0 saturated carbocycles. The Labute approximate surface area is 138 Å². The molecule has 24 heavy (non-hydrogen) atoms. The zero-order chi connectivity index (χ0) is 16.9. The highest BCUT2D eigenvalue weighted by Crippen LogP contribution is 2.32. The van der Waals surface area contributed by atoms with Crippen LogP contribution in [-0.4, -0.2) is 26.2 Å². The molecule has 2 aromatic carbocycles. The van der Waals surface area contributed by atoms with Crippen LogP contribution in [0.15, 0.2) is 42.5 Å². The zero-order valence-electron chi connectivity index (χ0n) is 13.0. The highest BCUT2D eigenvalue weighted by Gasteiger charge is 2.12. The van der Waals surface area contributed by atoms with Gasteiger partial charge in [-0.15, -0.1) is 0 Å². The van der Waals surface area contributed by atoms with Crippen molar-refractivity contribution in [1.29, 1.82) is 0 Å². The number of hydrogen-bond donors (Lipinski definition) is 1. The molecule has 1 aliphatic heterocycles. The van der Waals surface area contributed by atoms with E-state index in [1.807, 2.05) is 0 Å². The van der Waals surface area contributed by atoms with Gasteiger partial charge in [0.25, 0.3) is 0 Å². The summed E-state index contributed by atoms with van der Waals surface area (Å²) in [6.07, 6.45) is 2.67. The number of carbonyl (C=O) groups excluding carboxylic acids is 1. The molecule has 1 aliphatic rings. The van der Waals surface area contributed by atoms with Crippen LogP contribution in [0.3, 0.4) is 0 Å². The molecule has 0 atom stereocenters. The third-order valence-corrected chi connectivity index (χ3v) is 3.43. The number of carbonyl (C=O) groups is 1. The van der Waals surface area contributed by atoms with Crippen LogP contribution in [0.4, 0.5) is 10.1 Å². The lowest BCUT2D eigenvalue weighted by atomic mass is 10.2. The van der Waals surface area contributed by atoms with E-state index >= 15 is 0 Å². The van der Waals surface area contributed by atoms with Crippen molar-refractivity contribution in [3.05, 3.63) is 53.9 Å². The summed E-state index contributed by atoms with van der Waals surface area (Å²) in [6.45, 7) is 0.982. The molecule has 1 N–H and O–H groups in total. The minimum atomic E-state index is -0.460. The Kier molecular flexibility index (Phi) is 4.65. The smallest absolute Gasteiger partial charge is 0.248 e. The lowest BCUT2D eigenvalue weighted by molar-refractivity contribution is -0.111. The van der Waals surface area contributed by atoms with E-state index in [1.165, 1.54) is 25.3 Å². The van der Waals surface area contributed by atoms with E-state index in [0.29, 0.717) is 41.7 Å². The number of benzene rings is 2. The van der Waals surface area contributed by atoms with Gasteiger partial charge in [-0.2, -0.15) is 0 Å². The minimum absolute atomic E-state index is 0.299. The van der Waals surface area contributed by atoms with Crippen molar-refractivity contribution >= 4 is 17.7 Å². The SMILES string of the molecule is COc1ccc(C=CC(=O)Nc2ccc3c(c2)OCCO3)c(F)c1. The molecule has 3 rings (SSSR count). The Morgan fingerprint density at radius 3 is 2.71 bits per heavy atom. The number of anilines is 1. The third kappa shape index (κ3) is 3.65. The first-order valence-corrected chi connectivity index (χ1v) is 7.38. The van der Waals surface area contributed by atoms with Gasteiger partial charge in [0.15, 0.2) is 11.5 Å². The highest BCUT2D eigenvalue weighted by atomic mass is 19.1. The van der Waals surface area contributed by atoms with Crippen molar-refractivity contribution in [2.75, 3.05) is 25.6 Å². The third-order valence-electron chi connectivity index (χ3n) is 3.43. The second-order valence-corrected chi connectivity index (χ2v) is 5.07. The van der Waals surface area contributed by atoms with Crippen molar-refractivity contribution in [3.63, 3.8) is 0 Å². The molecule has 6 heteroatoms. The normalized spacial score (nSPS) is 12.9. The molecule has 0 aromatic heterocycles. The molecule has 0 saturated heterocycles. The standard InChI is InChI=1S/C18H16FNO4/c1-22-14-5-2-12(15(19)11-14)3-7-18(21)20-13-4-6-16-17(10-13)24-9-8-23-16/h2-7,10-11H,8-9H2,1H3,(H,20,21). The average Bonchev–Trinajstić information content (AvgIpc) is 2.60. The topological polar surface area (TPSA) is 56.8 Å². The van der Waals surface area contributed by atoms with Crippen LogP contribution < -0.4 is 19.5 Å². The predicted molar refractivity (Wildman–Crippen MR) is 88.0 cm³/mol. The quantitative estimate of drug-likeness (QED) is 0.875. The number of halogens is 1. The summed E-state index contributed by atoms with van der Waals surface area (Å²) in [4.78, 5) is 12.0. The van der Waals surface area contributed by atoms with Crippen LogP contribution in [0, 0.1) is 5.82 Å². The minimum Gasteiger partial charge on any atom is -0.497 e. The predicted octanol–water partition coefficient (Wildman–Crippen LogP) is 3.26. The van der Waals surface area contributed by atoms with Crippen molar-refractivity contribution in [1.82, 2.24) is 0 Å². The molecule has 124 valence electrons. The van der Waals surface area contributed by atoms with Crippen LogP contribution in [0.1, 0.15) is 5.56 Å². The van der Waals surface area contributed by atoms with E-state index in [0.717, 1.165) is 0 Å². The van der Waals surface area contributed by atoms with E-state index in [4.69, 9.17) is 14.2 Å². The van der Waals surface area contributed by atoms with Gasteiger partial charge < -0.3 is 19.5 Å². The monoisotopic (exact) mass is 329 g/mol. The van der Waals surface area contributed by atoms with E-state index in [9.17, 15) is 9.18 Å². The maximum atomic E-state index is 13.8. The molecule has 1 amide bonds. The second-order valence-electron chi connectivity index (χ2n) is 5.07. The summed E-state index contributed by atoms with van der Waals surface area (Å²) >= 11 is 0.